The number of rotatable bonds is 8. The highest BCUT2D eigenvalue weighted by Crippen LogP contribution is 2.44. The number of carboxylic acid groups (broad SMARTS) is 1. The van der Waals surface area contributed by atoms with E-state index in [0.29, 0.717) is 30.8 Å². The molecule has 184 valence electrons. The van der Waals surface area contributed by atoms with Gasteiger partial charge in [-0.15, -0.1) is 11.8 Å². The van der Waals surface area contributed by atoms with Gasteiger partial charge in [0, 0.05) is 31.4 Å². The van der Waals surface area contributed by atoms with Crippen LogP contribution < -0.4 is 9.64 Å². The predicted octanol–water partition coefficient (Wildman–Crippen LogP) is 4.98. The Balaban J connectivity index is 1.79. The topological polar surface area (TPSA) is 87.1 Å². The Hall–Kier alpha value is -2.23. The fourth-order valence-electron chi connectivity index (χ4n) is 4.58. The largest absolute Gasteiger partial charge is 0.489 e. The maximum Gasteiger partial charge on any atom is 0.306 e. The standard InChI is InChI=1S/C25H32N2O5S2/c1-4-5-9-19-16-27(18-10-7-6-8-11-18)21-14-23(33-3)22(15-24(21)34(30,31)26(19)2)32-20-12-17(13-20)25(28)29/h6-8,10-11,14-15,17,19-20H,4-5,9,12-13,16H2,1-3H3,(H,28,29). The number of benzene rings is 2. The molecule has 34 heavy (non-hydrogen) atoms. The summed E-state index contributed by atoms with van der Waals surface area (Å²) >= 11 is 1.50. The van der Waals surface area contributed by atoms with Gasteiger partial charge in [0.25, 0.3) is 0 Å². The summed E-state index contributed by atoms with van der Waals surface area (Å²) in [6.07, 6.45) is 5.30. The van der Waals surface area contributed by atoms with E-state index in [9.17, 15) is 18.3 Å². The molecule has 1 fully saturated rings. The second-order valence-corrected chi connectivity index (χ2v) is 11.8. The molecule has 1 atom stereocenters. The van der Waals surface area contributed by atoms with Crippen molar-refractivity contribution in [2.45, 2.75) is 61.0 Å². The third kappa shape index (κ3) is 4.78. The van der Waals surface area contributed by atoms with Crippen molar-refractivity contribution < 1.29 is 23.1 Å². The molecule has 2 aromatic rings. The smallest absolute Gasteiger partial charge is 0.306 e. The lowest BCUT2D eigenvalue weighted by Crippen LogP contribution is -2.40. The zero-order valence-corrected chi connectivity index (χ0v) is 21.4. The number of carbonyl (C=O) groups is 1. The fourth-order valence-corrected chi connectivity index (χ4v) is 6.69. The molecule has 0 spiro atoms. The Morgan fingerprint density at radius 3 is 2.53 bits per heavy atom. The molecule has 0 bridgehead atoms. The molecule has 4 rings (SSSR count). The van der Waals surface area contributed by atoms with E-state index < -0.39 is 21.9 Å². The van der Waals surface area contributed by atoms with Crippen LogP contribution in [0, 0.1) is 5.92 Å². The molecule has 0 aromatic heterocycles. The van der Waals surface area contributed by atoms with Crippen LogP contribution in [0.15, 0.2) is 52.3 Å². The Morgan fingerprint density at radius 2 is 1.91 bits per heavy atom. The number of likely N-dealkylation sites (N-methyl/N-ethyl adjacent to an activating group) is 1. The van der Waals surface area contributed by atoms with Gasteiger partial charge >= 0.3 is 5.97 Å². The van der Waals surface area contributed by atoms with Gasteiger partial charge in [-0.25, -0.2) is 8.42 Å². The Labute approximate surface area is 206 Å². The van der Waals surface area contributed by atoms with Crippen molar-refractivity contribution in [2.75, 3.05) is 24.7 Å². The lowest BCUT2D eigenvalue weighted by molar-refractivity contribution is -0.148. The average Bonchev–Trinajstić information content (AvgIpc) is 2.87. The van der Waals surface area contributed by atoms with Gasteiger partial charge in [-0.2, -0.15) is 4.31 Å². The summed E-state index contributed by atoms with van der Waals surface area (Å²) in [5, 5.41) is 9.18. The first-order valence-electron chi connectivity index (χ1n) is 11.7. The Morgan fingerprint density at radius 1 is 1.21 bits per heavy atom. The van der Waals surface area contributed by atoms with Gasteiger partial charge in [-0.05, 0) is 43.7 Å². The van der Waals surface area contributed by atoms with E-state index in [0.717, 1.165) is 29.8 Å². The van der Waals surface area contributed by atoms with Crippen LogP contribution in [0.1, 0.15) is 39.0 Å². The molecule has 9 heteroatoms. The number of para-hydroxylation sites is 1. The number of ether oxygens (including phenoxy) is 1. The van der Waals surface area contributed by atoms with E-state index in [2.05, 4.69) is 11.8 Å². The van der Waals surface area contributed by atoms with Gasteiger partial charge in [-0.1, -0.05) is 38.0 Å². The summed E-state index contributed by atoms with van der Waals surface area (Å²) in [6, 6.07) is 13.3. The fraction of sp³-hybridized carbons (Fsp3) is 0.480. The van der Waals surface area contributed by atoms with Crippen molar-refractivity contribution in [1.29, 1.82) is 0 Å². The maximum atomic E-state index is 13.8. The van der Waals surface area contributed by atoms with Gasteiger partial charge in [0.05, 0.1) is 16.5 Å². The molecule has 1 aliphatic carbocycles. The molecular formula is C25H32N2O5S2. The number of hydrogen-bond acceptors (Lipinski definition) is 6. The number of hydrogen-bond donors (Lipinski definition) is 1. The van der Waals surface area contributed by atoms with Crippen LogP contribution in [0.25, 0.3) is 0 Å². The highest BCUT2D eigenvalue weighted by atomic mass is 32.2. The van der Waals surface area contributed by atoms with E-state index in [1.54, 1.807) is 13.1 Å². The lowest BCUT2D eigenvalue weighted by atomic mass is 9.82. The van der Waals surface area contributed by atoms with Crippen LogP contribution in [-0.2, 0) is 14.8 Å². The third-order valence-electron chi connectivity index (χ3n) is 6.80. The molecule has 2 aliphatic rings. The van der Waals surface area contributed by atoms with E-state index in [-0.39, 0.29) is 17.0 Å². The predicted molar refractivity (Wildman–Crippen MR) is 135 cm³/mol. The van der Waals surface area contributed by atoms with Crippen molar-refractivity contribution in [3.8, 4) is 5.75 Å². The first-order valence-corrected chi connectivity index (χ1v) is 14.3. The second kappa shape index (κ2) is 10.2. The van der Waals surface area contributed by atoms with E-state index in [1.807, 2.05) is 42.7 Å². The number of unbranched alkanes of at least 4 members (excludes halogenated alkanes) is 1. The van der Waals surface area contributed by atoms with Crippen LogP contribution in [0.5, 0.6) is 5.75 Å². The normalized spacial score (nSPS) is 24.1. The van der Waals surface area contributed by atoms with Crippen molar-refractivity contribution in [3.63, 3.8) is 0 Å². The quantitative estimate of drug-likeness (QED) is 0.507. The lowest BCUT2D eigenvalue weighted by Gasteiger charge is -2.33. The van der Waals surface area contributed by atoms with E-state index >= 15 is 0 Å². The first-order chi connectivity index (χ1) is 16.3. The Bertz CT molecular complexity index is 1130. The van der Waals surface area contributed by atoms with Crippen LogP contribution in [0.3, 0.4) is 0 Å². The minimum Gasteiger partial charge on any atom is -0.489 e. The maximum absolute atomic E-state index is 13.8. The van der Waals surface area contributed by atoms with Crippen LogP contribution in [-0.4, -0.2) is 55.8 Å². The highest BCUT2D eigenvalue weighted by Gasteiger charge is 2.39. The minimum absolute atomic E-state index is 0.164. The van der Waals surface area contributed by atoms with Gasteiger partial charge in [0.1, 0.15) is 16.7 Å². The zero-order chi connectivity index (χ0) is 24.5. The minimum atomic E-state index is -3.77. The number of nitrogens with zero attached hydrogens (tertiary/aromatic N) is 2. The van der Waals surface area contributed by atoms with Gasteiger partial charge in [0.2, 0.25) is 10.0 Å². The second-order valence-electron chi connectivity index (χ2n) is 8.98. The SMILES string of the molecule is CCCCC1CN(c2ccccc2)c2cc(SC)c(OC3CC(C(=O)O)C3)cc2S(=O)(=O)N1C. The number of aliphatic carboxylic acids is 1. The number of carboxylic acids is 1. The summed E-state index contributed by atoms with van der Waals surface area (Å²) < 4.78 is 35.2. The summed E-state index contributed by atoms with van der Waals surface area (Å²) in [5.74, 6) is -0.712. The third-order valence-corrected chi connectivity index (χ3v) is 9.50. The molecule has 1 aliphatic heterocycles. The number of thioether (sulfide) groups is 1. The van der Waals surface area contributed by atoms with E-state index in [4.69, 9.17) is 4.74 Å². The van der Waals surface area contributed by atoms with Crippen LogP contribution in [0.2, 0.25) is 0 Å². The van der Waals surface area contributed by atoms with Crippen molar-refractivity contribution in [3.05, 3.63) is 42.5 Å². The van der Waals surface area contributed by atoms with Gasteiger partial charge in [0.15, 0.2) is 0 Å². The number of anilines is 2. The molecule has 1 unspecified atom stereocenters. The average molecular weight is 505 g/mol. The molecule has 1 N–H and O–H groups in total. The summed E-state index contributed by atoms with van der Waals surface area (Å²) in [4.78, 5) is 14.3. The number of sulfonamides is 1. The monoisotopic (exact) mass is 504 g/mol. The van der Waals surface area contributed by atoms with Crippen molar-refractivity contribution in [2.24, 2.45) is 5.92 Å². The highest BCUT2D eigenvalue weighted by molar-refractivity contribution is 7.98. The van der Waals surface area contributed by atoms with Crippen LogP contribution >= 0.6 is 11.8 Å². The Kier molecular flexibility index (Phi) is 7.45. The molecule has 2 aromatic carbocycles. The molecule has 0 saturated heterocycles. The van der Waals surface area contributed by atoms with Gasteiger partial charge < -0.3 is 14.7 Å². The molecule has 0 radical (unpaired) electrons. The summed E-state index contributed by atoms with van der Waals surface area (Å²) in [5.41, 5.74) is 1.59. The van der Waals surface area contributed by atoms with Crippen LogP contribution in [0.4, 0.5) is 11.4 Å². The molecule has 1 saturated carbocycles. The van der Waals surface area contributed by atoms with Crippen molar-refractivity contribution >= 4 is 39.1 Å². The molecular weight excluding hydrogens is 472 g/mol. The molecule has 7 nitrogen and oxygen atoms in total. The van der Waals surface area contributed by atoms with Crippen molar-refractivity contribution in [1.82, 2.24) is 4.31 Å². The number of fused-ring (bicyclic) bond motifs is 1. The summed E-state index contributed by atoms with van der Waals surface area (Å²) in [6.45, 7) is 2.67. The van der Waals surface area contributed by atoms with E-state index in [1.165, 1.54) is 16.1 Å². The molecule has 1 heterocycles. The first kappa shape index (κ1) is 24.9. The summed E-state index contributed by atoms with van der Waals surface area (Å²) in [7, 11) is -2.10. The van der Waals surface area contributed by atoms with Gasteiger partial charge in [-0.3, -0.25) is 4.79 Å². The molecule has 0 amide bonds. The zero-order valence-electron chi connectivity index (χ0n) is 19.8.